The molecule has 0 aromatic heterocycles. The molecule has 3 N–H and O–H groups in total. The van der Waals surface area contributed by atoms with Crippen molar-refractivity contribution in [2.75, 3.05) is 24.2 Å². The number of nitro benzene ring substituents is 1. The maximum Gasteiger partial charge on any atom is 0.273 e. The van der Waals surface area contributed by atoms with Gasteiger partial charge in [0, 0.05) is 37.1 Å². The van der Waals surface area contributed by atoms with Crippen LogP contribution < -0.4 is 10.6 Å². The molecule has 0 radical (unpaired) electrons. The van der Waals surface area contributed by atoms with Crippen LogP contribution in [0.3, 0.4) is 0 Å². The van der Waals surface area contributed by atoms with Crippen LogP contribution >= 0.6 is 0 Å². The summed E-state index contributed by atoms with van der Waals surface area (Å²) in [6, 6.07) is 4.37. The van der Waals surface area contributed by atoms with Gasteiger partial charge in [-0.2, -0.15) is 0 Å². The smallest absolute Gasteiger partial charge is 0.273 e. The van der Waals surface area contributed by atoms with Crippen molar-refractivity contribution in [3.8, 4) is 0 Å². The van der Waals surface area contributed by atoms with Crippen LogP contribution in [0.2, 0.25) is 0 Å². The van der Waals surface area contributed by atoms with Crippen LogP contribution in [0, 0.1) is 10.1 Å². The van der Waals surface area contributed by atoms with Gasteiger partial charge in [0.15, 0.2) is 0 Å². The Hall–Kier alpha value is -1.82. The number of anilines is 2. The number of rotatable bonds is 4. The monoisotopic (exact) mass is 225 g/mol. The van der Waals surface area contributed by atoms with Gasteiger partial charge >= 0.3 is 0 Å². The fraction of sp³-hybridized carbons (Fsp3) is 0.400. The second-order valence-electron chi connectivity index (χ2n) is 3.77. The average Bonchev–Trinajstić information content (AvgIpc) is 2.15. The van der Waals surface area contributed by atoms with E-state index in [1.807, 2.05) is 0 Å². The molecule has 0 saturated carbocycles. The van der Waals surface area contributed by atoms with E-state index < -0.39 is 11.0 Å². The highest BCUT2D eigenvalue weighted by Crippen LogP contribution is 2.24. The van der Waals surface area contributed by atoms with Crippen molar-refractivity contribution in [3.05, 3.63) is 28.3 Å². The maximum atomic E-state index is 10.6. The number of non-ortho nitro benzene ring substituents is 1. The van der Waals surface area contributed by atoms with E-state index in [0.29, 0.717) is 17.9 Å². The maximum absolute atomic E-state index is 10.6. The molecule has 16 heavy (non-hydrogen) atoms. The summed E-state index contributed by atoms with van der Waals surface area (Å²) in [4.78, 5) is 11.9. The first-order valence-corrected chi connectivity index (χ1v) is 4.84. The van der Waals surface area contributed by atoms with E-state index in [0.717, 1.165) is 0 Å². The zero-order valence-corrected chi connectivity index (χ0v) is 9.25. The molecule has 88 valence electrons. The number of nitrogen functional groups attached to an aromatic ring is 1. The number of hydrogen-bond acceptors (Lipinski definition) is 5. The second kappa shape index (κ2) is 4.80. The van der Waals surface area contributed by atoms with Crippen LogP contribution in [0.25, 0.3) is 0 Å². The van der Waals surface area contributed by atoms with E-state index in [9.17, 15) is 15.2 Å². The van der Waals surface area contributed by atoms with Crippen LogP contribution in [0.4, 0.5) is 17.1 Å². The number of likely N-dealkylation sites (N-methyl/N-ethyl adjacent to an activating group) is 1. The third-order valence-corrected chi connectivity index (χ3v) is 2.11. The molecule has 1 atom stereocenters. The SMILES string of the molecule is CC(O)CN(C)c1cc(N)cc([N+](=O)[O-])c1. The van der Waals surface area contributed by atoms with E-state index in [1.54, 1.807) is 24.9 Å². The molecule has 0 amide bonds. The minimum atomic E-state index is -0.509. The van der Waals surface area contributed by atoms with E-state index in [4.69, 9.17) is 5.73 Å². The molecule has 1 rings (SSSR count). The molecule has 1 unspecified atom stereocenters. The van der Waals surface area contributed by atoms with Gasteiger partial charge in [-0.05, 0) is 13.0 Å². The second-order valence-corrected chi connectivity index (χ2v) is 3.77. The first-order valence-electron chi connectivity index (χ1n) is 4.84. The number of nitrogens with zero attached hydrogens (tertiary/aromatic N) is 2. The van der Waals surface area contributed by atoms with Gasteiger partial charge in [0.2, 0.25) is 0 Å². The summed E-state index contributed by atoms with van der Waals surface area (Å²) in [5, 5.41) is 19.9. The van der Waals surface area contributed by atoms with Crippen molar-refractivity contribution in [2.24, 2.45) is 0 Å². The van der Waals surface area contributed by atoms with E-state index in [-0.39, 0.29) is 5.69 Å². The summed E-state index contributed by atoms with van der Waals surface area (Å²) in [5.74, 6) is 0. The Labute approximate surface area is 93.4 Å². The highest BCUT2D eigenvalue weighted by molar-refractivity contribution is 5.62. The lowest BCUT2D eigenvalue weighted by molar-refractivity contribution is -0.384. The Balaban J connectivity index is 3.00. The van der Waals surface area contributed by atoms with Crippen molar-refractivity contribution >= 4 is 17.1 Å². The summed E-state index contributed by atoms with van der Waals surface area (Å²) in [7, 11) is 1.74. The van der Waals surface area contributed by atoms with Crippen LogP contribution in [0.15, 0.2) is 18.2 Å². The molecule has 0 spiro atoms. The number of aliphatic hydroxyl groups excluding tert-OH is 1. The lowest BCUT2D eigenvalue weighted by Crippen LogP contribution is -2.26. The predicted octanol–water partition coefficient (Wildman–Crippen LogP) is 0.994. The highest BCUT2D eigenvalue weighted by atomic mass is 16.6. The van der Waals surface area contributed by atoms with Gasteiger partial charge in [0.25, 0.3) is 5.69 Å². The molecule has 0 heterocycles. The minimum Gasteiger partial charge on any atom is -0.398 e. The average molecular weight is 225 g/mol. The first-order chi connectivity index (χ1) is 7.40. The van der Waals surface area contributed by atoms with Crippen molar-refractivity contribution < 1.29 is 10.0 Å². The molecule has 1 aromatic carbocycles. The summed E-state index contributed by atoms with van der Waals surface area (Å²) >= 11 is 0. The van der Waals surface area contributed by atoms with Crippen molar-refractivity contribution in [2.45, 2.75) is 13.0 Å². The predicted molar refractivity (Wildman–Crippen MR) is 62.5 cm³/mol. The van der Waals surface area contributed by atoms with Gasteiger partial charge in [0.05, 0.1) is 11.0 Å². The Morgan fingerprint density at radius 3 is 2.69 bits per heavy atom. The van der Waals surface area contributed by atoms with Gasteiger partial charge in [-0.1, -0.05) is 0 Å². The van der Waals surface area contributed by atoms with Crippen LogP contribution in [0.5, 0.6) is 0 Å². The fourth-order valence-electron chi connectivity index (χ4n) is 1.45. The molecule has 0 aliphatic heterocycles. The number of hydrogen-bond donors (Lipinski definition) is 2. The topological polar surface area (TPSA) is 92.6 Å². The van der Waals surface area contributed by atoms with Gasteiger partial charge in [-0.25, -0.2) is 0 Å². The van der Waals surface area contributed by atoms with Crippen LogP contribution in [-0.4, -0.2) is 29.7 Å². The van der Waals surface area contributed by atoms with Gasteiger partial charge < -0.3 is 15.7 Å². The number of nitro groups is 1. The molecule has 6 nitrogen and oxygen atoms in total. The molecule has 0 bridgehead atoms. The lowest BCUT2D eigenvalue weighted by Gasteiger charge is -2.20. The Bertz CT molecular complexity index is 393. The normalized spacial score (nSPS) is 12.2. The third-order valence-electron chi connectivity index (χ3n) is 2.11. The lowest BCUT2D eigenvalue weighted by atomic mass is 10.2. The summed E-state index contributed by atoms with van der Waals surface area (Å²) in [6.07, 6.45) is -0.509. The quantitative estimate of drug-likeness (QED) is 0.453. The molecule has 0 saturated heterocycles. The zero-order chi connectivity index (χ0) is 12.3. The molecular weight excluding hydrogens is 210 g/mol. The molecular formula is C10H15N3O3. The standard InChI is InChI=1S/C10H15N3O3/c1-7(14)6-12(2)9-3-8(11)4-10(5-9)13(15)16/h3-5,7,14H,6,11H2,1-2H3. The fourth-order valence-corrected chi connectivity index (χ4v) is 1.45. The largest absolute Gasteiger partial charge is 0.398 e. The van der Waals surface area contributed by atoms with Crippen molar-refractivity contribution in [1.82, 2.24) is 0 Å². The first kappa shape index (κ1) is 12.3. The summed E-state index contributed by atoms with van der Waals surface area (Å²) < 4.78 is 0. The van der Waals surface area contributed by atoms with Crippen molar-refractivity contribution in [3.63, 3.8) is 0 Å². The van der Waals surface area contributed by atoms with E-state index in [2.05, 4.69) is 0 Å². The van der Waals surface area contributed by atoms with Crippen molar-refractivity contribution in [1.29, 1.82) is 0 Å². The highest BCUT2D eigenvalue weighted by Gasteiger charge is 2.12. The number of benzene rings is 1. The molecule has 0 aliphatic carbocycles. The van der Waals surface area contributed by atoms with E-state index >= 15 is 0 Å². The van der Waals surface area contributed by atoms with Gasteiger partial charge in [-0.3, -0.25) is 10.1 Å². The van der Waals surface area contributed by atoms with Crippen LogP contribution in [0.1, 0.15) is 6.92 Å². The zero-order valence-electron chi connectivity index (χ0n) is 9.25. The summed E-state index contributed by atoms with van der Waals surface area (Å²) in [5.41, 5.74) is 6.48. The number of nitrogens with two attached hydrogens (primary N) is 1. The Kier molecular flexibility index (Phi) is 3.68. The van der Waals surface area contributed by atoms with Gasteiger partial charge in [0.1, 0.15) is 0 Å². The molecule has 1 aromatic rings. The molecule has 0 aliphatic rings. The Morgan fingerprint density at radius 1 is 1.56 bits per heavy atom. The molecule has 0 fully saturated rings. The van der Waals surface area contributed by atoms with Crippen LogP contribution in [-0.2, 0) is 0 Å². The molecule has 6 heteroatoms. The minimum absolute atomic E-state index is 0.0487. The van der Waals surface area contributed by atoms with E-state index in [1.165, 1.54) is 12.1 Å². The van der Waals surface area contributed by atoms with Gasteiger partial charge in [-0.15, -0.1) is 0 Å². The summed E-state index contributed by atoms with van der Waals surface area (Å²) in [6.45, 7) is 2.04. The number of aliphatic hydroxyl groups is 1. The third kappa shape index (κ3) is 3.09. The Morgan fingerprint density at radius 2 is 2.19 bits per heavy atom.